The summed E-state index contributed by atoms with van der Waals surface area (Å²) in [5.41, 5.74) is 6.82. The van der Waals surface area contributed by atoms with E-state index in [9.17, 15) is 20.0 Å². The van der Waals surface area contributed by atoms with E-state index in [1.165, 1.54) is 4.90 Å². The predicted octanol–water partition coefficient (Wildman–Crippen LogP) is 1.14. The van der Waals surface area contributed by atoms with Crippen LogP contribution in [0, 0.1) is 11.3 Å². The summed E-state index contributed by atoms with van der Waals surface area (Å²) in [7, 11) is 0. The summed E-state index contributed by atoms with van der Waals surface area (Å²) in [6.45, 7) is 1.70. The van der Waals surface area contributed by atoms with Crippen molar-refractivity contribution in [3.63, 3.8) is 0 Å². The van der Waals surface area contributed by atoms with Gasteiger partial charge in [-0.25, -0.2) is 0 Å². The predicted molar refractivity (Wildman–Crippen MR) is 104 cm³/mol. The molecule has 1 saturated carbocycles. The number of hydrogen-bond acceptors (Lipinski definition) is 5. The molecule has 2 amide bonds. The molecule has 1 aromatic carbocycles. The van der Waals surface area contributed by atoms with Crippen molar-refractivity contribution in [2.45, 2.75) is 63.3 Å². The first-order valence-corrected chi connectivity index (χ1v) is 10.00. The number of nitriles is 1. The molecule has 1 aromatic rings. The molecule has 0 unspecified atom stereocenters. The second-order valence-electron chi connectivity index (χ2n) is 7.79. The van der Waals surface area contributed by atoms with E-state index in [0.717, 1.165) is 44.1 Å². The van der Waals surface area contributed by atoms with E-state index in [2.05, 4.69) is 11.0 Å². The Morgan fingerprint density at radius 2 is 1.71 bits per heavy atom. The fourth-order valence-corrected chi connectivity index (χ4v) is 4.47. The monoisotopic (exact) mass is 384 g/mol. The van der Waals surface area contributed by atoms with E-state index in [1.807, 2.05) is 24.3 Å². The Balaban J connectivity index is 1.74. The van der Waals surface area contributed by atoms with Crippen LogP contribution >= 0.6 is 0 Å². The molecule has 150 valence electrons. The van der Waals surface area contributed by atoms with Crippen molar-refractivity contribution in [3.05, 3.63) is 35.4 Å². The Bertz CT molecular complexity index is 744. The van der Waals surface area contributed by atoms with Crippen LogP contribution in [-0.2, 0) is 16.1 Å². The second-order valence-corrected chi connectivity index (χ2v) is 7.79. The number of amides is 2. The van der Waals surface area contributed by atoms with Gasteiger partial charge in [-0.1, -0.05) is 18.2 Å². The van der Waals surface area contributed by atoms with Gasteiger partial charge in [0.05, 0.1) is 17.7 Å². The first kappa shape index (κ1) is 20.3. The van der Waals surface area contributed by atoms with Crippen LogP contribution in [0.15, 0.2) is 24.3 Å². The third kappa shape index (κ3) is 4.70. The first-order valence-electron chi connectivity index (χ1n) is 10.00. The van der Waals surface area contributed by atoms with Crippen LogP contribution in [0.5, 0.6) is 0 Å². The first-order chi connectivity index (χ1) is 13.5. The highest BCUT2D eigenvalue weighted by Crippen LogP contribution is 2.30. The van der Waals surface area contributed by atoms with Crippen LogP contribution in [0.4, 0.5) is 0 Å². The maximum Gasteiger partial charge on any atom is 0.311 e. The second kappa shape index (κ2) is 9.18. The topological polar surface area (TPSA) is 111 Å². The number of aliphatic hydroxyl groups excluding tert-OH is 1. The van der Waals surface area contributed by atoms with Crippen molar-refractivity contribution in [2.75, 3.05) is 13.1 Å². The Hall–Kier alpha value is -2.43. The zero-order valence-electron chi connectivity index (χ0n) is 16.1. The summed E-state index contributed by atoms with van der Waals surface area (Å²) in [6, 6.07) is 10.5. The van der Waals surface area contributed by atoms with E-state index in [0.29, 0.717) is 31.2 Å². The van der Waals surface area contributed by atoms with Gasteiger partial charge in [0.25, 0.3) is 0 Å². The minimum absolute atomic E-state index is 0.223. The molecule has 1 aliphatic heterocycles. The SMILES string of the molecule is N#Cc1ccccc1CN(C1CCC(O)CC1)C1CCN(C(=O)C(N)=O)CC1. The quantitative estimate of drug-likeness (QED) is 0.757. The van der Waals surface area contributed by atoms with Gasteiger partial charge in [-0.15, -0.1) is 0 Å². The highest BCUT2D eigenvalue weighted by molar-refractivity contribution is 6.34. The molecule has 3 rings (SSSR count). The van der Waals surface area contributed by atoms with Crippen molar-refractivity contribution in [2.24, 2.45) is 5.73 Å². The normalized spacial score (nSPS) is 23.4. The van der Waals surface area contributed by atoms with Gasteiger partial charge in [-0.3, -0.25) is 14.5 Å². The van der Waals surface area contributed by atoms with Crippen LogP contribution < -0.4 is 5.73 Å². The number of aliphatic hydroxyl groups is 1. The fraction of sp³-hybridized carbons (Fsp3) is 0.571. The Kier molecular flexibility index (Phi) is 6.65. The molecule has 2 aliphatic rings. The maximum atomic E-state index is 11.9. The number of benzene rings is 1. The molecule has 1 aliphatic carbocycles. The van der Waals surface area contributed by atoms with Gasteiger partial charge in [0, 0.05) is 31.7 Å². The lowest BCUT2D eigenvalue weighted by molar-refractivity contribution is -0.145. The smallest absolute Gasteiger partial charge is 0.311 e. The lowest BCUT2D eigenvalue weighted by Crippen LogP contribution is -2.52. The van der Waals surface area contributed by atoms with Crippen LogP contribution in [0.3, 0.4) is 0 Å². The van der Waals surface area contributed by atoms with E-state index >= 15 is 0 Å². The number of hydrogen-bond donors (Lipinski definition) is 2. The number of primary amides is 1. The summed E-state index contributed by atoms with van der Waals surface area (Å²) >= 11 is 0. The summed E-state index contributed by atoms with van der Waals surface area (Å²) < 4.78 is 0. The molecule has 0 radical (unpaired) electrons. The van der Waals surface area contributed by atoms with E-state index in [-0.39, 0.29) is 12.1 Å². The molecular weight excluding hydrogens is 356 g/mol. The number of piperidine rings is 1. The summed E-state index contributed by atoms with van der Waals surface area (Å²) in [4.78, 5) is 27.0. The van der Waals surface area contributed by atoms with Crippen LogP contribution in [0.1, 0.15) is 49.7 Å². The molecule has 7 heteroatoms. The van der Waals surface area contributed by atoms with Crippen molar-refractivity contribution in [1.29, 1.82) is 5.26 Å². The molecular formula is C21H28N4O3. The van der Waals surface area contributed by atoms with E-state index < -0.39 is 11.8 Å². The van der Waals surface area contributed by atoms with Gasteiger partial charge in [-0.2, -0.15) is 5.26 Å². The average molecular weight is 384 g/mol. The third-order valence-electron chi connectivity index (χ3n) is 6.06. The van der Waals surface area contributed by atoms with Crippen molar-refractivity contribution in [3.8, 4) is 6.07 Å². The molecule has 1 saturated heterocycles. The zero-order valence-corrected chi connectivity index (χ0v) is 16.1. The molecule has 1 heterocycles. The molecule has 3 N–H and O–H groups in total. The van der Waals surface area contributed by atoms with Crippen molar-refractivity contribution < 1.29 is 14.7 Å². The van der Waals surface area contributed by atoms with Crippen LogP contribution in [0.25, 0.3) is 0 Å². The van der Waals surface area contributed by atoms with E-state index in [4.69, 9.17) is 5.73 Å². The lowest BCUT2D eigenvalue weighted by atomic mass is 9.89. The molecule has 7 nitrogen and oxygen atoms in total. The molecule has 0 bridgehead atoms. The summed E-state index contributed by atoms with van der Waals surface area (Å²) in [5.74, 6) is -1.51. The molecule has 28 heavy (non-hydrogen) atoms. The highest BCUT2D eigenvalue weighted by atomic mass is 16.3. The number of nitrogens with zero attached hydrogens (tertiary/aromatic N) is 3. The lowest BCUT2D eigenvalue weighted by Gasteiger charge is -2.44. The average Bonchev–Trinajstić information content (AvgIpc) is 2.72. The van der Waals surface area contributed by atoms with Gasteiger partial charge in [0.1, 0.15) is 0 Å². The van der Waals surface area contributed by atoms with Gasteiger partial charge in [-0.05, 0) is 50.2 Å². The maximum absolute atomic E-state index is 11.9. The van der Waals surface area contributed by atoms with Gasteiger partial charge < -0.3 is 15.7 Å². The Morgan fingerprint density at radius 3 is 2.32 bits per heavy atom. The third-order valence-corrected chi connectivity index (χ3v) is 6.06. The standard InChI is InChI=1S/C21H28N4O3/c22-13-15-3-1-2-4-16(15)14-25(17-5-7-19(26)8-6-17)18-9-11-24(12-10-18)21(28)20(23)27/h1-4,17-19,26H,5-12,14H2,(H2,23,27). The number of carbonyl (C=O) groups is 2. The molecule has 0 aromatic heterocycles. The van der Waals surface area contributed by atoms with Gasteiger partial charge in [0.2, 0.25) is 0 Å². The Morgan fingerprint density at radius 1 is 1.11 bits per heavy atom. The molecule has 2 fully saturated rings. The number of rotatable bonds is 4. The summed E-state index contributed by atoms with van der Waals surface area (Å²) in [5, 5.41) is 19.3. The van der Waals surface area contributed by atoms with E-state index in [1.54, 1.807) is 0 Å². The molecule has 0 atom stereocenters. The van der Waals surface area contributed by atoms with Crippen molar-refractivity contribution in [1.82, 2.24) is 9.80 Å². The largest absolute Gasteiger partial charge is 0.393 e. The van der Waals surface area contributed by atoms with Gasteiger partial charge >= 0.3 is 11.8 Å². The highest BCUT2D eigenvalue weighted by Gasteiger charge is 2.34. The van der Waals surface area contributed by atoms with Gasteiger partial charge in [0.15, 0.2) is 0 Å². The molecule has 0 spiro atoms. The Labute approximate surface area is 165 Å². The van der Waals surface area contributed by atoms with Crippen molar-refractivity contribution >= 4 is 11.8 Å². The zero-order chi connectivity index (χ0) is 20.1. The minimum atomic E-state index is -0.903. The summed E-state index contributed by atoms with van der Waals surface area (Å²) in [6.07, 6.45) is 4.76. The number of nitrogens with two attached hydrogens (primary N) is 1. The van der Waals surface area contributed by atoms with Crippen LogP contribution in [-0.4, -0.2) is 58.0 Å². The number of carbonyl (C=O) groups excluding carboxylic acids is 2. The fourth-order valence-electron chi connectivity index (χ4n) is 4.47. The number of likely N-dealkylation sites (tertiary alicyclic amines) is 1. The minimum Gasteiger partial charge on any atom is -0.393 e. The van der Waals surface area contributed by atoms with Crippen LogP contribution in [0.2, 0.25) is 0 Å².